The number of hydrogen-bond acceptors (Lipinski definition) is 4. The molecular weight excluding hydrogens is 184 g/mol. The number of hydrazine groups is 1. The van der Waals surface area contributed by atoms with Crippen molar-refractivity contribution < 1.29 is 9.59 Å². The van der Waals surface area contributed by atoms with Crippen LogP contribution >= 0.6 is 0 Å². The molecular formula is C8H18N4O2. The maximum atomic E-state index is 11.3. The molecule has 0 saturated carbocycles. The van der Waals surface area contributed by atoms with E-state index in [1.165, 1.54) is 0 Å². The summed E-state index contributed by atoms with van der Waals surface area (Å²) in [4.78, 5) is 23.5. The van der Waals surface area contributed by atoms with Gasteiger partial charge in [0, 0.05) is 0 Å². The summed E-state index contributed by atoms with van der Waals surface area (Å²) in [6.07, 6.45) is 1.48. The standard InChI is InChI=1S/C8H18N4O2/c1-3-4-6(8(14)11-10)12(2)5-7(9)13/h6H,3-5,10H2,1-2H3,(H2,9,13)(H,11,14). The van der Waals surface area contributed by atoms with Gasteiger partial charge in [0.1, 0.15) is 0 Å². The second-order valence-corrected chi connectivity index (χ2v) is 3.19. The molecule has 0 fully saturated rings. The zero-order valence-corrected chi connectivity index (χ0v) is 8.62. The molecule has 6 heteroatoms. The van der Waals surface area contributed by atoms with Crippen LogP contribution < -0.4 is 17.0 Å². The summed E-state index contributed by atoms with van der Waals surface area (Å²) in [5.41, 5.74) is 7.10. The molecule has 0 heterocycles. The minimum absolute atomic E-state index is 0.0537. The molecule has 0 aliphatic rings. The van der Waals surface area contributed by atoms with E-state index in [0.29, 0.717) is 6.42 Å². The average molecular weight is 202 g/mol. The van der Waals surface area contributed by atoms with Gasteiger partial charge in [-0.15, -0.1) is 0 Å². The molecule has 0 aliphatic carbocycles. The molecule has 0 saturated heterocycles. The van der Waals surface area contributed by atoms with Crippen molar-refractivity contribution in [2.75, 3.05) is 13.6 Å². The van der Waals surface area contributed by atoms with Crippen LogP contribution in [0, 0.1) is 0 Å². The van der Waals surface area contributed by atoms with Crippen LogP contribution in [0.5, 0.6) is 0 Å². The van der Waals surface area contributed by atoms with Crippen LogP contribution in [0.1, 0.15) is 19.8 Å². The molecule has 6 nitrogen and oxygen atoms in total. The first-order chi connectivity index (χ1) is 6.52. The second-order valence-electron chi connectivity index (χ2n) is 3.19. The molecule has 0 aromatic carbocycles. The SMILES string of the molecule is CCCC(C(=O)NN)N(C)CC(N)=O. The number of hydrogen-bond donors (Lipinski definition) is 3. The summed E-state index contributed by atoms with van der Waals surface area (Å²) >= 11 is 0. The molecule has 0 bridgehead atoms. The monoisotopic (exact) mass is 202 g/mol. The van der Waals surface area contributed by atoms with Gasteiger partial charge in [-0.1, -0.05) is 13.3 Å². The van der Waals surface area contributed by atoms with Crippen molar-refractivity contribution in [2.45, 2.75) is 25.8 Å². The minimum atomic E-state index is -0.460. The van der Waals surface area contributed by atoms with Crippen LogP contribution in [0.4, 0.5) is 0 Å². The first kappa shape index (κ1) is 12.9. The second kappa shape index (κ2) is 6.33. The maximum Gasteiger partial charge on any atom is 0.251 e. The molecule has 0 aromatic rings. The van der Waals surface area contributed by atoms with Crippen molar-refractivity contribution in [3.63, 3.8) is 0 Å². The van der Waals surface area contributed by atoms with E-state index in [-0.39, 0.29) is 12.5 Å². The normalized spacial score (nSPS) is 12.6. The summed E-state index contributed by atoms with van der Waals surface area (Å²) in [6.45, 7) is 2.01. The number of carbonyl (C=O) groups is 2. The van der Waals surface area contributed by atoms with E-state index in [1.807, 2.05) is 6.92 Å². The van der Waals surface area contributed by atoms with Gasteiger partial charge in [-0.2, -0.15) is 0 Å². The van der Waals surface area contributed by atoms with Crippen molar-refractivity contribution in [1.29, 1.82) is 0 Å². The van der Waals surface area contributed by atoms with Crippen LogP contribution in [-0.2, 0) is 9.59 Å². The molecule has 0 rings (SSSR count). The Morgan fingerprint density at radius 1 is 1.50 bits per heavy atom. The largest absolute Gasteiger partial charge is 0.369 e. The highest BCUT2D eigenvalue weighted by Crippen LogP contribution is 2.04. The summed E-state index contributed by atoms with van der Waals surface area (Å²) in [7, 11) is 1.67. The smallest absolute Gasteiger partial charge is 0.251 e. The van der Waals surface area contributed by atoms with Gasteiger partial charge in [0.05, 0.1) is 12.6 Å². The highest BCUT2D eigenvalue weighted by atomic mass is 16.2. The summed E-state index contributed by atoms with van der Waals surface area (Å²) in [5, 5.41) is 0. The zero-order chi connectivity index (χ0) is 11.1. The third kappa shape index (κ3) is 4.20. The van der Waals surface area contributed by atoms with Crippen molar-refractivity contribution in [1.82, 2.24) is 10.3 Å². The van der Waals surface area contributed by atoms with E-state index >= 15 is 0 Å². The number of likely N-dealkylation sites (N-methyl/N-ethyl adjacent to an activating group) is 1. The number of carbonyl (C=O) groups excluding carboxylic acids is 2. The molecule has 2 amide bonds. The lowest BCUT2D eigenvalue weighted by Crippen LogP contribution is -2.49. The number of rotatable bonds is 6. The molecule has 0 aliphatic heterocycles. The topological polar surface area (TPSA) is 101 Å². The highest BCUT2D eigenvalue weighted by molar-refractivity contribution is 5.82. The fourth-order valence-corrected chi connectivity index (χ4v) is 1.28. The number of nitrogens with one attached hydrogen (secondary N) is 1. The lowest BCUT2D eigenvalue weighted by molar-refractivity contribution is -0.127. The molecule has 1 unspecified atom stereocenters. The quantitative estimate of drug-likeness (QED) is 0.279. The number of nitrogens with zero attached hydrogens (tertiary/aromatic N) is 1. The fourth-order valence-electron chi connectivity index (χ4n) is 1.28. The molecule has 82 valence electrons. The number of amides is 2. The molecule has 0 aromatic heterocycles. The van der Waals surface area contributed by atoms with Crippen LogP contribution in [0.2, 0.25) is 0 Å². The summed E-state index contributed by atoms with van der Waals surface area (Å²) in [6, 6.07) is -0.391. The molecule has 14 heavy (non-hydrogen) atoms. The van der Waals surface area contributed by atoms with E-state index in [0.717, 1.165) is 6.42 Å². The van der Waals surface area contributed by atoms with Crippen LogP contribution in [-0.4, -0.2) is 36.3 Å². The van der Waals surface area contributed by atoms with Gasteiger partial charge in [0.25, 0.3) is 5.91 Å². The third-order valence-corrected chi connectivity index (χ3v) is 1.94. The zero-order valence-electron chi connectivity index (χ0n) is 8.62. The Morgan fingerprint density at radius 2 is 2.07 bits per heavy atom. The van der Waals surface area contributed by atoms with Crippen molar-refractivity contribution >= 4 is 11.8 Å². The van der Waals surface area contributed by atoms with Crippen molar-refractivity contribution in [3.05, 3.63) is 0 Å². The summed E-state index contributed by atoms with van der Waals surface area (Å²) < 4.78 is 0. The van der Waals surface area contributed by atoms with Crippen molar-refractivity contribution in [2.24, 2.45) is 11.6 Å². The maximum absolute atomic E-state index is 11.3. The van der Waals surface area contributed by atoms with Crippen molar-refractivity contribution in [3.8, 4) is 0 Å². The Bertz CT molecular complexity index is 208. The Labute approximate surface area is 83.6 Å². The Balaban J connectivity index is 4.31. The average Bonchev–Trinajstić information content (AvgIpc) is 2.11. The third-order valence-electron chi connectivity index (χ3n) is 1.94. The number of nitrogens with two attached hydrogens (primary N) is 2. The molecule has 0 radical (unpaired) electrons. The van der Waals surface area contributed by atoms with E-state index < -0.39 is 11.9 Å². The minimum Gasteiger partial charge on any atom is -0.369 e. The molecule has 1 atom stereocenters. The van der Waals surface area contributed by atoms with Gasteiger partial charge in [-0.05, 0) is 13.5 Å². The highest BCUT2D eigenvalue weighted by Gasteiger charge is 2.22. The Kier molecular flexibility index (Phi) is 5.82. The predicted molar refractivity (Wildman–Crippen MR) is 52.9 cm³/mol. The number of primary amides is 1. The van der Waals surface area contributed by atoms with Crippen LogP contribution in [0.25, 0.3) is 0 Å². The first-order valence-electron chi connectivity index (χ1n) is 4.51. The van der Waals surface area contributed by atoms with Crippen LogP contribution in [0.3, 0.4) is 0 Å². The molecule has 5 N–H and O–H groups in total. The Morgan fingerprint density at radius 3 is 2.43 bits per heavy atom. The van der Waals surface area contributed by atoms with E-state index in [9.17, 15) is 9.59 Å². The van der Waals surface area contributed by atoms with Gasteiger partial charge in [-0.25, -0.2) is 5.84 Å². The van der Waals surface area contributed by atoms with Crippen LogP contribution in [0.15, 0.2) is 0 Å². The van der Waals surface area contributed by atoms with Gasteiger partial charge in [0.15, 0.2) is 0 Å². The van der Waals surface area contributed by atoms with Gasteiger partial charge >= 0.3 is 0 Å². The Hall–Kier alpha value is -1.14. The van der Waals surface area contributed by atoms with Gasteiger partial charge < -0.3 is 5.73 Å². The van der Waals surface area contributed by atoms with Gasteiger partial charge in [0.2, 0.25) is 5.91 Å². The fraction of sp³-hybridized carbons (Fsp3) is 0.750. The first-order valence-corrected chi connectivity index (χ1v) is 4.51. The van der Waals surface area contributed by atoms with E-state index in [4.69, 9.17) is 11.6 Å². The lowest BCUT2D eigenvalue weighted by Gasteiger charge is -2.24. The lowest BCUT2D eigenvalue weighted by atomic mass is 10.1. The van der Waals surface area contributed by atoms with E-state index in [2.05, 4.69) is 5.43 Å². The predicted octanol–water partition coefficient (Wildman–Crippen LogP) is -1.44. The summed E-state index contributed by atoms with van der Waals surface area (Å²) in [5.74, 6) is 4.27. The molecule has 0 spiro atoms. The van der Waals surface area contributed by atoms with Gasteiger partial charge in [-0.3, -0.25) is 19.9 Å². The van der Waals surface area contributed by atoms with E-state index in [1.54, 1.807) is 11.9 Å².